The molecule has 0 saturated heterocycles. The first-order chi connectivity index (χ1) is 11.8. The van der Waals surface area contributed by atoms with Crippen LogP contribution in [0.25, 0.3) is 11.1 Å². The second kappa shape index (κ2) is 7.97. The first-order valence-corrected chi connectivity index (χ1v) is 7.90. The first-order valence-electron chi connectivity index (χ1n) is 7.90. The Labute approximate surface area is 141 Å². The van der Waals surface area contributed by atoms with Gasteiger partial charge in [0, 0.05) is 6.54 Å². The summed E-state index contributed by atoms with van der Waals surface area (Å²) in [6.07, 6.45) is 0. The summed E-state index contributed by atoms with van der Waals surface area (Å²) in [6.45, 7) is 0.521. The zero-order valence-corrected chi connectivity index (χ0v) is 13.3. The van der Waals surface area contributed by atoms with Crippen LogP contribution in [-0.2, 0) is 11.3 Å². The second-order valence-electron chi connectivity index (χ2n) is 5.44. The molecule has 1 amide bonds. The van der Waals surface area contributed by atoms with E-state index in [4.69, 9.17) is 4.74 Å². The SMILES string of the molecule is O=C(COc1ccc(-c2ccccc2)cc1)NCc1ccccc1. The van der Waals surface area contributed by atoms with Crippen LogP contribution in [0.15, 0.2) is 84.9 Å². The van der Waals surface area contributed by atoms with Crippen molar-refractivity contribution in [3.63, 3.8) is 0 Å². The predicted molar refractivity (Wildman–Crippen MR) is 95.7 cm³/mol. The topological polar surface area (TPSA) is 38.3 Å². The molecule has 0 aliphatic heterocycles. The van der Waals surface area contributed by atoms with Gasteiger partial charge in [0.2, 0.25) is 0 Å². The number of nitrogens with one attached hydrogen (secondary N) is 1. The Morgan fingerprint density at radius 1 is 0.750 bits per heavy atom. The van der Waals surface area contributed by atoms with Crippen molar-refractivity contribution in [3.8, 4) is 16.9 Å². The van der Waals surface area contributed by atoms with Crippen molar-refractivity contribution in [3.05, 3.63) is 90.5 Å². The fourth-order valence-electron chi connectivity index (χ4n) is 2.37. The maximum Gasteiger partial charge on any atom is 0.258 e. The van der Waals surface area contributed by atoms with E-state index in [2.05, 4.69) is 17.4 Å². The molecule has 0 atom stereocenters. The van der Waals surface area contributed by atoms with Crippen molar-refractivity contribution >= 4 is 5.91 Å². The molecule has 0 radical (unpaired) electrons. The molecule has 3 nitrogen and oxygen atoms in total. The van der Waals surface area contributed by atoms with Gasteiger partial charge < -0.3 is 10.1 Å². The van der Waals surface area contributed by atoms with E-state index in [-0.39, 0.29) is 12.5 Å². The normalized spacial score (nSPS) is 10.2. The van der Waals surface area contributed by atoms with Crippen molar-refractivity contribution in [2.75, 3.05) is 6.61 Å². The van der Waals surface area contributed by atoms with E-state index in [9.17, 15) is 4.79 Å². The number of hydrogen-bond acceptors (Lipinski definition) is 2. The standard InChI is InChI=1S/C21H19NO2/c23-21(22-15-17-7-3-1-4-8-17)16-24-20-13-11-19(12-14-20)18-9-5-2-6-10-18/h1-14H,15-16H2,(H,22,23). The van der Waals surface area contributed by atoms with Crippen LogP contribution in [0.4, 0.5) is 0 Å². The summed E-state index contributed by atoms with van der Waals surface area (Å²) in [7, 11) is 0. The molecule has 1 N–H and O–H groups in total. The fraction of sp³-hybridized carbons (Fsp3) is 0.0952. The van der Waals surface area contributed by atoms with Crippen molar-refractivity contribution < 1.29 is 9.53 Å². The third kappa shape index (κ3) is 4.46. The molecule has 3 aromatic rings. The number of rotatable bonds is 6. The van der Waals surface area contributed by atoms with Gasteiger partial charge in [-0.1, -0.05) is 72.8 Å². The predicted octanol–water partition coefficient (Wildman–Crippen LogP) is 4.05. The van der Waals surface area contributed by atoms with E-state index < -0.39 is 0 Å². The first kappa shape index (κ1) is 15.8. The Morgan fingerprint density at radius 3 is 2.00 bits per heavy atom. The van der Waals surface area contributed by atoms with Crippen LogP contribution in [0.3, 0.4) is 0 Å². The molecule has 24 heavy (non-hydrogen) atoms. The van der Waals surface area contributed by atoms with Crippen molar-refractivity contribution in [2.45, 2.75) is 6.54 Å². The van der Waals surface area contributed by atoms with Gasteiger partial charge in [-0.15, -0.1) is 0 Å². The molecule has 120 valence electrons. The lowest BCUT2D eigenvalue weighted by atomic mass is 10.1. The van der Waals surface area contributed by atoms with Crippen molar-refractivity contribution in [2.24, 2.45) is 0 Å². The van der Waals surface area contributed by atoms with Crippen LogP contribution in [0.1, 0.15) is 5.56 Å². The zero-order valence-electron chi connectivity index (χ0n) is 13.3. The van der Waals surface area contributed by atoms with Crippen LogP contribution >= 0.6 is 0 Å². The summed E-state index contributed by atoms with van der Waals surface area (Å²) in [5, 5.41) is 2.84. The molecule has 0 spiro atoms. The van der Waals surface area contributed by atoms with Gasteiger partial charge in [0.25, 0.3) is 5.91 Å². The molecule has 0 fully saturated rings. The Hall–Kier alpha value is -3.07. The molecule has 0 unspecified atom stereocenters. The van der Waals surface area contributed by atoms with E-state index in [1.807, 2.05) is 72.8 Å². The maximum atomic E-state index is 11.8. The largest absolute Gasteiger partial charge is 0.484 e. The molecular weight excluding hydrogens is 298 g/mol. The second-order valence-corrected chi connectivity index (χ2v) is 5.44. The highest BCUT2D eigenvalue weighted by Gasteiger charge is 2.03. The molecule has 3 rings (SSSR count). The number of amides is 1. The molecule has 0 bridgehead atoms. The average molecular weight is 317 g/mol. The van der Waals surface area contributed by atoms with Crippen molar-refractivity contribution in [1.82, 2.24) is 5.32 Å². The highest BCUT2D eigenvalue weighted by atomic mass is 16.5. The quantitative estimate of drug-likeness (QED) is 0.745. The summed E-state index contributed by atoms with van der Waals surface area (Å²) in [4.78, 5) is 11.8. The monoisotopic (exact) mass is 317 g/mol. The van der Waals surface area contributed by atoms with E-state index in [0.717, 1.165) is 16.7 Å². The summed E-state index contributed by atoms with van der Waals surface area (Å²) in [5.74, 6) is 0.551. The molecule has 0 heterocycles. The van der Waals surface area contributed by atoms with Crippen LogP contribution in [0.2, 0.25) is 0 Å². The summed E-state index contributed by atoms with van der Waals surface area (Å²) < 4.78 is 5.54. The van der Waals surface area contributed by atoms with Gasteiger partial charge >= 0.3 is 0 Å². The Balaban J connectivity index is 1.49. The molecular formula is C21H19NO2. The van der Waals surface area contributed by atoms with Gasteiger partial charge in [-0.25, -0.2) is 0 Å². The number of carbonyl (C=O) groups excluding carboxylic acids is 1. The molecule has 0 aromatic heterocycles. The van der Waals surface area contributed by atoms with E-state index in [0.29, 0.717) is 12.3 Å². The number of carbonyl (C=O) groups is 1. The van der Waals surface area contributed by atoms with E-state index in [1.165, 1.54) is 0 Å². The molecule has 0 aliphatic carbocycles. The summed E-state index contributed by atoms with van der Waals surface area (Å²) in [5.41, 5.74) is 3.35. The minimum atomic E-state index is -0.133. The fourth-order valence-corrected chi connectivity index (χ4v) is 2.37. The van der Waals surface area contributed by atoms with Gasteiger partial charge in [-0.05, 0) is 28.8 Å². The van der Waals surface area contributed by atoms with Gasteiger partial charge in [0.05, 0.1) is 0 Å². The van der Waals surface area contributed by atoms with Gasteiger partial charge in [0.1, 0.15) is 5.75 Å². The van der Waals surface area contributed by atoms with E-state index >= 15 is 0 Å². The number of ether oxygens (including phenoxy) is 1. The zero-order chi connectivity index (χ0) is 16.6. The number of hydrogen-bond donors (Lipinski definition) is 1. The van der Waals surface area contributed by atoms with Crippen LogP contribution < -0.4 is 10.1 Å². The lowest BCUT2D eigenvalue weighted by molar-refractivity contribution is -0.123. The Kier molecular flexibility index (Phi) is 5.25. The molecule has 3 heteroatoms. The highest BCUT2D eigenvalue weighted by Crippen LogP contribution is 2.21. The van der Waals surface area contributed by atoms with Crippen molar-refractivity contribution in [1.29, 1.82) is 0 Å². The van der Waals surface area contributed by atoms with Crippen LogP contribution in [0, 0.1) is 0 Å². The maximum absolute atomic E-state index is 11.8. The highest BCUT2D eigenvalue weighted by molar-refractivity contribution is 5.77. The van der Waals surface area contributed by atoms with E-state index in [1.54, 1.807) is 0 Å². The molecule has 0 aliphatic rings. The molecule has 0 saturated carbocycles. The van der Waals surface area contributed by atoms with Gasteiger partial charge in [-0.2, -0.15) is 0 Å². The Morgan fingerprint density at radius 2 is 1.33 bits per heavy atom. The number of benzene rings is 3. The van der Waals surface area contributed by atoms with Crippen LogP contribution in [-0.4, -0.2) is 12.5 Å². The van der Waals surface area contributed by atoms with Crippen LogP contribution in [0.5, 0.6) is 5.75 Å². The molecule has 3 aromatic carbocycles. The smallest absolute Gasteiger partial charge is 0.258 e. The lowest BCUT2D eigenvalue weighted by Gasteiger charge is -2.08. The lowest BCUT2D eigenvalue weighted by Crippen LogP contribution is -2.28. The minimum Gasteiger partial charge on any atom is -0.484 e. The Bertz CT molecular complexity index is 768. The van der Waals surface area contributed by atoms with Gasteiger partial charge in [-0.3, -0.25) is 4.79 Å². The third-order valence-electron chi connectivity index (χ3n) is 3.66. The summed E-state index contributed by atoms with van der Waals surface area (Å²) in [6, 6.07) is 27.7. The minimum absolute atomic E-state index is 0.0114. The summed E-state index contributed by atoms with van der Waals surface area (Å²) >= 11 is 0. The van der Waals surface area contributed by atoms with Gasteiger partial charge in [0.15, 0.2) is 6.61 Å². The third-order valence-corrected chi connectivity index (χ3v) is 3.66. The average Bonchev–Trinajstić information content (AvgIpc) is 2.67.